The molecule has 3 rings (SSSR count). The van der Waals surface area contributed by atoms with E-state index in [0.717, 1.165) is 17.7 Å². The second kappa shape index (κ2) is 6.99. The predicted molar refractivity (Wildman–Crippen MR) is 98.6 cm³/mol. The van der Waals surface area contributed by atoms with Crippen molar-refractivity contribution in [1.29, 1.82) is 0 Å². The standard InChI is InChI=1S/C19H24N2O2.ClH/c1-19(2,3)14-6-4-13(5-7-14)16-8-9-17(23-16)18(22)21-11-10-15(20)12-21;/h4-9,15H,10-12,20H2,1-3H3;1H/t15-;/m0./s1. The van der Waals surface area contributed by atoms with E-state index < -0.39 is 0 Å². The van der Waals surface area contributed by atoms with Gasteiger partial charge in [-0.3, -0.25) is 4.79 Å². The topological polar surface area (TPSA) is 59.5 Å². The Morgan fingerprint density at radius 1 is 1.17 bits per heavy atom. The lowest BCUT2D eigenvalue weighted by Gasteiger charge is -2.18. The largest absolute Gasteiger partial charge is 0.451 e. The summed E-state index contributed by atoms with van der Waals surface area (Å²) in [6.45, 7) is 7.87. The number of rotatable bonds is 2. The summed E-state index contributed by atoms with van der Waals surface area (Å²) in [6.07, 6.45) is 0.855. The van der Waals surface area contributed by atoms with Gasteiger partial charge in [-0.1, -0.05) is 45.0 Å². The molecule has 1 aliphatic heterocycles. The van der Waals surface area contributed by atoms with Crippen LogP contribution < -0.4 is 5.73 Å². The SMILES string of the molecule is CC(C)(C)c1ccc(-c2ccc(C(=O)N3CC[C@H](N)C3)o2)cc1.Cl. The van der Waals surface area contributed by atoms with Gasteiger partial charge in [0.15, 0.2) is 5.76 Å². The number of hydrogen-bond acceptors (Lipinski definition) is 3. The van der Waals surface area contributed by atoms with Gasteiger partial charge in [-0.2, -0.15) is 0 Å². The third-order valence-electron chi connectivity index (χ3n) is 4.36. The van der Waals surface area contributed by atoms with Crippen LogP contribution in [0.3, 0.4) is 0 Å². The smallest absolute Gasteiger partial charge is 0.289 e. The minimum Gasteiger partial charge on any atom is -0.451 e. The first-order valence-corrected chi connectivity index (χ1v) is 8.10. The molecule has 1 aromatic heterocycles. The molecule has 0 aliphatic carbocycles. The van der Waals surface area contributed by atoms with Crippen LogP contribution >= 0.6 is 12.4 Å². The summed E-state index contributed by atoms with van der Waals surface area (Å²) in [5.41, 5.74) is 8.24. The van der Waals surface area contributed by atoms with Crippen LogP contribution in [0.2, 0.25) is 0 Å². The molecule has 4 nitrogen and oxygen atoms in total. The molecule has 1 aromatic carbocycles. The zero-order valence-corrected chi connectivity index (χ0v) is 15.2. The van der Waals surface area contributed by atoms with Gasteiger partial charge in [0.05, 0.1) is 0 Å². The van der Waals surface area contributed by atoms with E-state index in [9.17, 15) is 4.79 Å². The lowest BCUT2D eigenvalue weighted by Crippen LogP contribution is -2.31. The number of nitrogens with two attached hydrogens (primary N) is 1. The van der Waals surface area contributed by atoms with Crippen LogP contribution in [-0.4, -0.2) is 29.9 Å². The van der Waals surface area contributed by atoms with Crippen molar-refractivity contribution < 1.29 is 9.21 Å². The van der Waals surface area contributed by atoms with Crippen LogP contribution in [0.15, 0.2) is 40.8 Å². The fourth-order valence-electron chi connectivity index (χ4n) is 2.87. The first kappa shape index (κ1) is 18.6. The van der Waals surface area contributed by atoms with Crippen molar-refractivity contribution in [3.63, 3.8) is 0 Å². The Labute approximate surface area is 149 Å². The van der Waals surface area contributed by atoms with Crippen LogP contribution in [0, 0.1) is 0 Å². The summed E-state index contributed by atoms with van der Waals surface area (Å²) in [5, 5.41) is 0. The van der Waals surface area contributed by atoms with E-state index in [1.54, 1.807) is 11.0 Å². The van der Waals surface area contributed by atoms with Crippen molar-refractivity contribution in [2.45, 2.75) is 38.6 Å². The fraction of sp³-hybridized carbons (Fsp3) is 0.421. The number of benzene rings is 1. The summed E-state index contributed by atoms with van der Waals surface area (Å²) < 4.78 is 5.77. The minimum atomic E-state index is -0.0736. The highest BCUT2D eigenvalue weighted by Crippen LogP contribution is 2.27. The van der Waals surface area contributed by atoms with E-state index in [0.29, 0.717) is 18.8 Å². The summed E-state index contributed by atoms with van der Waals surface area (Å²) >= 11 is 0. The van der Waals surface area contributed by atoms with Crippen LogP contribution in [-0.2, 0) is 5.41 Å². The van der Waals surface area contributed by atoms with E-state index in [4.69, 9.17) is 10.2 Å². The Balaban J connectivity index is 0.00000208. The maximum absolute atomic E-state index is 12.4. The van der Waals surface area contributed by atoms with Crippen molar-refractivity contribution in [1.82, 2.24) is 4.90 Å². The van der Waals surface area contributed by atoms with Gasteiger partial charge >= 0.3 is 0 Å². The van der Waals surface area contributed by atoms with E-state index in [1.165, 1.54) is 5.56 Å². The van der Waals surface area contributed by atoms with Crippen LogP contribution in [0.1, 0.15) is 43.3 Å². The average Bonchev–Trinajstić information content (AvgIpc) is 3.15. The lowest BCUT2D eigenvalue weighted by atomic mass is 9.86. The molecule has 2 heterocycles. The van der Waals surface area contributed by atoms with E-state index in [-0.39, 0.29) is 29.8 Å². The molecule has 1 fully saturated rings. The number of furan rings is 1. The quantitative estimate of drug-likeness (QED) is 0.897. The molecule has 2 N–H and O–H groups in total. The third kappa shape index (κ3) is 3.82. The summed E-state index contributed by atoms with van der Waals surface area (Å²) in [6, 6.07) is 12.0. The molecule has 0 saturated carbocycles. The van der Waals surface area contributed by atoms with Gasteiger partial charge in [0.1, 0.15) is 5.76 Å². The van der Waals surface area contributed by atoms with Crippen molar-refractivity contribution in [2.24, 2.45) is 5.73 Å². The molecule has 24 heavy (non-hydrogen) atoms. The Bertz CT molecular complexity index is 701. The highest BCUT2D eigenvalue weighted by atomic mass is 35.5. The van der Waals surface area contributed by atoms with Crippen molar-refractivity contribution >= 4 is 18.3 Å². The summed E-state index contributed by atoms with van der Waals surface area (Å²) in [4.78, 5) is 14.2. The Hall–Kier alpha value is -1.78. The predicted octanol–water partition coefficient (Wildman–Crippen LogP) is 3.84. The number of halogens is 1. The summed E-state index contributed by atoms with van der Waals surface area (Å²) in [5.74, 6) is 1.03. The second-order valence-electron chi connectivity index (χ2n) is 7.29. The maximum Gasteiger partial charge on any atom is 0.289 e. The zero-order chi connectivity index (χ0) is 16.6. The number of carbonyl (C=O) groups excluding carboxylic acids is 1. The van der Waals surface area contributed by atoms with Crippen molar-refractivity contribution in [3.05, 3.63) is 47.7 Å². The van der Waals surface area contributed by atoms with E-state index in [2.05, 4.69) is 32.9 Å². The number of nitrogens with zero attached hydrogens (tertiary/aromatic N) is 1. The molecule has 0 radical (unpaired) electrons. The van der Waals surface area contributed by atoms with Crippen molar-refractivity contribution in [2.75, 3.05) is 13.1 Å². The molecule has 1 atom stereocenters. The van der Waals surface area contributed by atoms with Crippen LogP contribution in [0.5, 0.6) is 0 Å². The van der Waals surface area contributed by atoms with Gasteiger partial charge in [0.2, 0.25) is 0 Å². The third-order valence-corrected chi connectivity index (χ3v) is 4.36. The van der Waals surface area contributed by atoms with E-state index >= 15 is 0 Å². The molecule has 1 amide bonds. The Morgan fingerprint density at radius 3 is 2.38 bits per heavy atom. The molecule has 2 aromatic rings. The minimum absolute atomic E-state index is 0. The molecule has 130 valence electrons. The second-order valence-corrected chi connectivity index (χ2v) is 7.29. The molecule has 1 saturated heterocycles. The number of carbonyl (C=O) groups is 1. The Morgan fingerprint density at radius 2 is 1.83 bits per heavy atom. The summed E-state index contributed by atoms with van der Waals surface area (Å²) in [7, 11) is 0. The van der Waals surface area contributed by atoms with Gasteiger partial charge in [-0.15, -0.1) is 12.4 Å². The van der Waals surface area contributed by atoms with E-state index in [1.807, 2.05) is 18.2 Å². The zero-order valence-electron chi connectivity index (χ0n) is 14.4. The number of likely N-dealkylation sites (tertiary alicyclic amines) is 1. The Kier molecular flexibility index (Phi) is 5.41. The highest BCUT2D eigenvalue weighted by Gasteiger charge is 2.26. The van der Waals surface area contributed by atoms with Crippen LogP contribution in [0.4, 0.5) is 0 Å². The van der Waals surface area contributed by atoms with Gasteiger partial charge in [0, 0.05) is 24.7 Å². The van der Waals surface area contributed by atoms with Crippen molar-refractivity contribution in [3.8, 4) is 11.3 Å². The lowest BCUT2D eigenvalue weighted by molar-refractivity contribution is 0.0760. The van der Waals surface area contributed by atoms with Gasteiger partial charge < -0.3 is 15.1 Å². The number of amides is 1. The molecule has 1 aliphatic rings. The fourth-order valence-corrected chi connectivity index (χ4v) is 2.87. The molecule has 0 unspecified atom stereocenters. The first-order chi connectivity index (χ1) is 10.8. The molecule has 0 bridgehead atoms. The molecular formula is C19H25ClN2O2. The van der Waals surface area contributed by atoms with Crippen LogP contribution in [0.25, 0.3) is 11.3 Å². The molecule has 5 heteroatoms. The number of hydrogen-bond donors (Lipinski definition) is 1. The van der Waals surface area contributed by atoms with Gasteiger partial charge in [0.25, 0.3) is 5.91 Å². The molecular weight excluding hydrogens is 324 g/mol. The average molecular weight is 349 g/mol. The molecule has 0 spiro atoms. The van der Waals surface area contributed by atoms with Gasteiger partial charge in [-0.25, -0.2) is 0 Å². The first-order valence-electron chi connectivity index (χ1n) is 8.10. The normalized spacial score (nSPS) is 17.7. The monoisotopic (exact) mass is 348 g/mol. The van der Waals surface area contributed by atoms with Gasteiger partial charge in [-0.05, 0) is 29.5 Å². The highest BCUT2D eigenvalue weighted by molar-refractivity contribution is 5.92. The maximum atomic E-state index is 12.4.